The van der Waals surface area contributed by atoms with Crippen LogP contribution in [-0.4, -0.2) is 54.3 Å². The summed E-state index contributed by atoms with van der Waals surface area (Å²) in [5, 5.41) is 3.36. The molecule has 3 fully saturated rings. The van der Waals surface area contributed by atoms with Crippen molar-refractivity contribution in [1.82, 2.24) is 15.2 Å². The molecule has 1 atom stereocenters. The van der Waals surface area contributed by atoms with Gasteiger partial charge in [0.15, 0.2) is 0 Å². The van der Waals surface area contributed by atoms with Crippen LogP contribution in [0.15, 0.2) is 48.8 Å². The normalized spacial score (nSPS) is 23.0. The molecule has 4 heterocycles. The number of ether oxygens (including phenoxy) is 1. The number of nitrogens with zero attached hydrogens (tertiary/aromatic N) is 3. The van der Waals surface area contributed by atoms with E-state index in [0.29, 0.717) is 11.6 Å². The van der Waals surface area contributed by atoms with Crippen LogP contribution < -0.4 is 16.0 Å². The fourth-order valence-electron chi connectivity index (χ4n) is 5.65. The number of hydrogen-bond donors (Lipinski definition) is 2. The van der Waals surface area contributed by atoms with Crippen LogP contribution in [0, 0.1) is 6.92 Å². The summed E-state index contributed by atoms with van der Waals surface area (Å²) in [5.41, 5.74) is 12.3. The van der Waals surface area contributed by atoms with Gasteiger partial charge in [-0.3, -0.25) is 9.88 Å². The van der Waals surface area contributed by atoms with Crippen molar-refractivity contribution in [2.24, 2.45) is 5.73 Å². The molecule has 0 radical (unpaired) electrons. The fourth-order valence-corrected chi connectivity index (χ4v) is 5.65. The highest BCUT2D eigenvalue weighted by Crippen LogP contribution is 2.41. The summed E-state index contributed by atoms with van der Waals surface area (Å²) >= 11 is 0. The summed E-state index contributed by atoms with van der Waals surface area (Å²) in [7, 11) is 0. The van der Waals surface area contributed by atoms with Gasteiger partial charge >= 0.3 is 0 Å². The predicted molar refractivity (Wildman–Crippen MR) is 134 cm³/mol. The van der Waals surface area contributed by atoms with Crippen molar-refractivity contribution in [2.75, 3.05) is 37.7 Å². The smallest absolute Gasteiger partial charge is 0.0747 e. The third-order valence-corrected chi connectivity index (χ3v) is 7.55. The number of pyridine rings is 1. The zero-order chi connectivity index (χ0) is 22.7. The van der Waals surface area contributed by atoms with E-state index in [0.717, 1.165) is 50.5 Å². The van der Waals surface area contributed by atoms with Crippen molar-refractivity contribution in [3.05, 3.63) is 65.6 Å². The van der Waals surface area contributed by atoms with Crippen molar-refractivity contribution in [1.29, 1.82) is 0 Å². The highest BCUT2D eigenvalue weighted by Gasteiger charge is 2.50. The molecule has 5 rings (SSSR count). The molecule has 2 aromatic rings. The van der Waals surface area contributed by atoms with E-state index in [9.17, 15) is 0 Å². The van der Waals surface area contributed by atoms with Crippen molar-refractivity contribution in [3.8, 4) is 0 Å². The van der Waals surface area contributed by atoms with Crippen LogP contribution in [0.25, 0.3) is 5.70 Å². The first-order chi connectivity index (χ1) is 16.1. The van der Waals surface area contributed by atoms with Crippen LogP contribution >= 0.6 is 0 Å². The van der Waals surface area contributed by atoms with Gasteiger partial charge in [0.05, 0.1) is 23.0 Å². The standard InChI is InChI=1S/C27H37N5O/c1-21-15-23(9-10-25(21)26(28)17-29-16-24-8-3-5-14-33-24)31-19-27(20-31)11-6-13-32(27)18-22-7-2-4-12-30-22/h2,4,7,9-10,12,15,17,24,29H,3,5-6,8,11,13-14,16,18-20,28H2,1H3/b26-17-. The quantitative estimate of drug-likeness (QED) is 0.675. The number of likely N-dealkylation sites (tertiary alicyclic amines) is 1. The lowest BCUT2D eigenvalue weighted by molar-refractivity contribution is 0.0188. The third kappa shape index (κ3) is 4.87. The molecule has 0 saturated carbocycles. The van der Waals surface area contributed by atoms with Crippen molar-refractivity contribution in [3.63, 3.8) is 0 Å². The molecule has 1 aromatic heterocycles. The highest BCUT2D eigenvalue weighted by molar-refractivity contribution is 5.68. The monoisotopic (exact) mass is 447 g/mol. The summed E-state index contributed by atoms with van der Waals surface area (Å²) in [5.74, 6) is 0. The number of aromatic nitrogens is 1. The molecule has 3 aliphatic heterocycles. The van der Waals surface area contributed by atoms with Gasteiger partial charge in [0, 0.05) is 56.4 Å². The number of anilines is 1. The van der Waals surface area contributed by atoms with Gasteiger partial charge in [-0.05, 0) is 75.4 Å². The second kappa shape index (κ2) is 9.74. The Balaban J connectivity index is 1.18. The summed E-state index contributed by atoms with van der Waals surface area (Å²) in [6.45, 7) is 8.16. The van der Waals surface area contributed by atoms with Gasteiger partial charge in [-0.15, -0.1) is 0 Å². The van der Waals surface area contributed by atoms with E-state index in [4.69, 9.17) is 10.5 Å². The van der Waals surface area contributed by atoms with Gasteiger partial charge in [0.1, 0.15) is 0 Å². The van der Waals surface area contributed by atoms with Crippen molar-refractivity contribution >= 4 is 11.4 Å². The van der Waals surface area contributed by atoms with Gasteiger partial charge < -0.3 is 20.7 Å². The zero-order valence-corrected chi connectivity index (χ0v) is 19.8. The molecule has 3 saturated heterocycles. The molecule has 33 heavy (non-hydrogen) atoms. The fraction of sp³-hybridized carbons (Fsp3) is 0.519. The van der Waals surface area contributed by atoms with E-state index >= 15 is 0 Å². The van der Waals surface area contributed by atoms with Crippen LogP contribution in [0.4, 0.5) is 5.69 Å². The number of rotatable bonds is 7. The SMILES string of the molecule is Cc1cc(N2CC3(CCCN3Cc3ccccn3)C2)ccc1/C(N)=C/NCC1CCCCO1. The summed E-state index contributed by atoms with van der Waals surface area (Å²) in [4.78, 5) is 9.70. The van der Waals surface area contributed by atoms with Crippen LogP contribution in [-0.2, 0) is 11.3 Å². The maximum absolute atomic E-state index is 6.40. The van der Waals surface area contributed by atoms with Gasteiger partial charge in [-0.25, -0.2) is 0 Å². The van der Waals surface area contributed by atoms with Crippen LogP contribution in [0.5, 0.6) is 0 Å². The topological polar surface area (TPSA) is 66.7 Å². The Kier molecular flexibility index (Phi) is 6.56. The van der Waals surface area contributed by atoms with Crippen LogP contribution in [0.2, 0.25) is 0 Å². The second-order valence-electron chi connectivity index (χ2n) is 9.92. The lowest BCUT2D eigenvalue weighted by atomic mass is 9.86. The molecule has 1 aromatic carbocycles. The minimum absolute atomic E-state index is 0.300. The van der Waals surface area contributed by atoms with E-state index in [1.54, 1.807) is 0 Å². The Bertz CT molecular complexity index is 964. The summed E-state index contributed by atoms with van der Waals surface area (Å²) in [6.07, 6.45) is 10.3. The lowest BCUT2D eigenvalue weighted by Crippen LogP contribution is -2.67. The van der Waals surface area contributed by atoms with Crippen LogP contribution in [0.1, 0.15) is 48.9 Å². The molecule has 6 heteroatoms. The Morgan fingerprint density at radius 2 is 2.15 bits per heavy atom. The maximum Gasteiger partial charge on any atom is 0.0747 e. The number of nitrogens with two attached hydrogens (primary N) is 1. The van der Waals surface area contributed by atoms with E-state index in [-0.39, 0.29) is 0 Å². The first-order valence-corrected chi connectivity index (χ1v) is 12.4. The zero-order valence-electron chi connectivity index (χ0n) is 19.8. The molecule has 6 nitrogen and oxygen atoms in total. The van der Waals surface area contributed by atoms with Gasteiger partial charge in [-0.2, -0.15) is 0 Å². The first kappa shape index (κ1) is 22.2. The van der Waals surface area contributed by atoms with E-state index < -0.39 is 0 Å². The Labute approximate surface area is 197 Å². The molecule has 3 aliphatic rings. The molecule has 1 spiro atoms. The van der Waals surface area contributed by atoms with E-state index in [1.807, 2.05) is 18.5 Å². The Morgan fingerprint density at radius 3 is 2.91 bits per heavy atom. The van der Waals surface area contributed by atoms with Gasteiger partial charge in [0.25, 0.3) is 0 Å². The van der Waals surface area contributed by atoms with E-state index in [2.05, 4.69) is 57.4 Å². The predicted octanol–water partition coefficient (Wildman–Crippen LogP) is 3.66. The highest BCUT2D eigenvalue weighted by atomic mass is 16.5. The average Bonchev–Trinajstić information content (AvgIpc) is 3.23. The molecular formula is C27H37N5O. The third-order valence-electron chi connectivity index (χ3n) is 7.55. The minimum atomic E-state index is 0.300. The van der Waals surface area contributed by atoms with E-state index in [1.165, 1.54) is 49.2 Å². The lowest BCUT2D eigenvalue weighted by Gasteiger charge is -2.54. The second-order valence-corrected chi connectivity index (χ2v) is 9.92. The van der Waals surface area contributed by atoms with Gasteiger partial charge in [-0.1, -0.05) is 12.1 Å². The van der Waals surface area contributed by atoms with Crippen molar-refractivity contribution < 1.29 is 4.74 Å². The van der Waals surface area contributed by atoms with Gasteiger partial charge in [0.2, 0.25) is 0 Å². The maximum atomic E-state index is 6.40. The molecule has 3 N–H and O–H groups in total. The largest absolute Gasteiger partial charge is 0.397 e. The minimum Gasteiger partial charge on any atom is -0.397 e. The number of nitrogens with one attached hydrogen (secondary N) is 1. The molecule has 0 amide bonds. The Morgan fingerprint density at radius 1 is 1.24 bits per heavy atom. The van der Waals surface area contributed by atoms with Crippen molar-refractivity contribution in [2.45, 2.75) is 57.2 Å². The molecule has 0 aliphatic carbocycles. The number of hydrogen-bond acceptors (Lipinski definition) is 6. The number of aryl methyl sites for hydroxylation is 1. The summed E-state index contributed by atoms with van der Waals surface area (Å²) < 4.78 is 5.79. The molecule has 0 bridgehead atoms. The van der Waals surface area contributed by atoms with Crippen LogP contribution in [0.3, 0.4) is 0 Å². The Hall–Kier alpha value is -2.57. The molecule has 1 unspecified atom stereocenters. The molecule has 176 valence electrons. The number of benzene rings is 1. The molecular weight excluding hydrogens is 410 g/mol. The first-order valence-electron chi connectivity index (χ1n) is 12.4. The average molecular weight is 448 g/mol. The summed E-state index contributed by atoms with van der Waals surface area (Å²) in [6, 6.07) is 12.9.